The van der Waals surface area contributed by atoms with E-state index in [-0.39, 0.29) is 11.4 Å². The maximum atomic E-state index is 13.2. The molecule has 0 aliphatic rings. The van der Waals surface area contributed by atoms with Crippen LogP contribution in [0.5, 0.6) is 5.75 Å². The third-order valence-corrected chi connectivity index (χ3v) is 5.70. The fourth-order valence-corrected chi connectivity index (χ4v) is 4.17. The minimum Gasteiger partial charge on any atom is -0.494 e. The van der Waals surface area contributed by atoms with Crippen molar-refractivity contribution in [1.29, 1.82) is 0 Å². The van der Waals surface area contributed by atoms with Crippen LogP contribution in [0.25, 0.3) is 5.69 Å². The van der Waals surface area contributed by atoms with Crippen LogP contribution in [-0.2, 0) is 10.0 Å². The minimum atomic E-state index is -3.91. The second kappa shape index (κ2) is 7.81. The number of aliphatic hydroxyl groups excluding tert-OH is 1. The molecule has 2 aromatic carbocycles. The van der Waals surface area contributed by atoms with Crippen molar-refractivity contribution in [2.45, 2.75) is 17.9 Å². The number of benzene rings is 2. The normalized spacial score (nSPS) is 12.6. The summed E-state index contributed by atoms with van der Waals surface area (Å²) < 4.78 is 34.3. The van der Waals surface area contributed by atoms with Crippen molar-refractivity contribution >= 4 is 15.7 Å². The quantitative estimate of drug-likeness (QED) is 0.673. The molecule has 8 heteroatoms. The van der Waals surface area contributed by atoms with Gasteiger partial charge in [-0.1, -0.05) is 30.3 Å². The van der Waals surface area contributed by atoms with E-state index in [1.807, 2.05) is 12.1 Å². The maximum absolute atomic E-state index is 13.2. The van der Waals surface area contributed by atoms with E-state index in [0.29, 0.717) is 17.1 Å². The lowest BCUT2D eigenvalue weighted by Crippen LogP contribution is -2.36. The number of anilines is 1. The predicted molar refractivity (Wildman–Crippen MR) is 103 cm³/mol. The molecule has 0 aliphatic carbocycles. The second-order valence-corrected chi connectivity index (χ2v) is 7.88. The zero-order valence-electron chi connectivity index (χ0n) is 15.1. The first-order chi connectivity index (χ1) is 12.9. The summed E-state index contributed by atoms with van der Waals surface area (Å²) in [5.74, 6) is 0.577. The number of ether oxygens (including phenoxy) is 1. The Morgan fingerprint density at radius 3 is 2.48 bits per heavy atom. The molecule has 3 aromatic rings. The largest absolute Gasteiger partial charge is 0.494 e. The van der Waals surface area contributed by atoms with Gasteiger partial charge in [0.15, 0.2) is 0 Å². The summed E-state index contributed by atoms with van der Waals surface area (Å²) in [6.07, 6.45) is 1.90. The van der Waals surface area contributed by atoms with E-state index in [0.717, 1.165) is 0 Å². The van der Waals surface area contributed by atoms with Gasteiger partial charge in [-0.2, -0.15) is 5.10 Å². The van der Waals surface area contributed by atoms with Crippen molar-refractivity contribution in [3.05, 3.63) is 67.0 Å². The highest BCUT2D eigenvalue weighted by atomic mass is 32.2. The van der Waals surface area contributed by atoms with E-state index in [2.05, 4.69) is 5.10 Å². The zero-order chi connectivity index (χ0) is 19.4. The first-order valence-corrected chi connectivity index (χ1v) is 9.81. The molecule has 142 valence electrons. The Labute approximate surface area is 158 Å². The highest BCUT2D eigenvalue weighted by Crippen LogP contribution is 2.26. The molecule has 1 atom stereocenters. The molecular weight excluding hydrogens is 366 g/mol. The molecular formula is C19H21N3O4S. The van der Waals surface area contributed by atoms with Gasteiger partial charge in [-0.25, -0.2) is 13.1 Å². The summed E-state index contributed by atoms with van der Waals surface area (Å²) in [4.78, 5) is 0.0258. The maximum Gasteiger partial charge on any atom is 0.267 e. The summed E-state index contributed by atoms with van der Waals surface area (Å²) in [7, 11) is -2.37. The molecule has 0 saturated carbocycles. The molecule has 0 fully saturated rings. The number of sulfonamides is 1. The summed E-state index contributed by atoms with van der Waals surface area (Å²) in [6, 6.07) is 15.9. The number of hydrogen-bond donors (Lipinski definition) is 1. The molecule has 0 saturated heterocycles. The summed E-state index contributed by atoms with van der Waals surface area (Å²) in [6.45, 7) is 1.48. The van der Waals surface area contributed by atoms with Gasteiger partial charge in [0.2, 0.25) is 0 Å². The standard InChI is InChI=1S/C19H21N3O4S/c1-15(23)13-22(16-8-4-3-5-9-16)27(24,25)17-12-20-21(14-17)18-10-6-7-11-19(18)26-2/h3-12,14-15,23H,13H2,1-2H3. The average Bonchev–Trinajstić information content (AvgIpc) is 3.17. The van der Waals surface area contributed by atoms with Crippen molar-refractivity contribution in [3.8, 4) is 11.4 Å². The zero-order valence-corrected chi connectivity index (χ0v) is 15.9. The SMILES string of the molecule is COc1ccccc1-n1cc(S(=O)(=O)N(CC(C)O)c2ccccc2)cn1. The minimum absolute atomic E-state index is 0.0258. The first-order valence-electron chi connectivity index (χ1n) is 8.37. The monoisotopic (exact) mass is 387 g/mol. The van der Waals surface area contributed by atoms with Gasteiger partial charge in [0, 0.05) is 0 Å². The van der Waals surface area contributed by atoms with E-state index in [1.54, 1.807) is 56.5 Å². The Kier molecular flexibility index (Phi) is 5.48. The lowest BCUT2D eigenvalue weighted by Gasteiger charge is -2.25. The average molecular weight is 387 g/mol. The van der Waals surface area contributed by atoms with Gasteiger partial charge < -0.3 is 9.84 Å². The third kappa shape index (κ3) is 3.96. The van der Waals surface area contributed by atoms with Gasteiger partial charge in [0.25, 0.3) is 10.0 Å². The van der Waals surface area contributed by atoms with E-state index in [9.17, 15) is 13.5 Å². The molecule has 3 rings (SSSR count). The smallest absolute Gasteiger partial charge is 0.267 e. The molecule has 1 unspecified atom stereocenters. The number of aliphatic hydroxyl groups is 1. The van der Waals surface area contributed by atoms with Crippen LogP contribution in [0.4, 0.5) is 5.69 Å². The van der Waals surface area contributed by atoms with Crippen LogP contribution in [0.1, 0.15) is 6.92 Å². The van der Waals surface area contributed by atoms with E-state index in [1.165, 1.54) is 21.4 Å². The van der Waals surface area contributed by atoms with Crippen LogP contribution in [0.3, 0.4) is 0 Å². The topological polar surface area (TPSA) is 84.7 Å². The van der Waals surface area contributed by atoms with Gasteiger partial charge in [-0.05, 0) is 31.2 Å². The lowest BCUT2D eigenvalue weighted by molar-refractivity contribution is 0.204. The van der Waals surface area contributed by atoms with Crippen molar-refractivity contribution in [1.82, 2.24) is 9.78 Å². The molecule has 1 heterocycles. The summed E-state index contributed by atoms with van der Waals surface area (Å²) in [5, 5.41) is 14.0. The molecule has 0 amide bonds. The fraction of sp³-hybridized carbons (Fsp3) is 0.211. The van der Waals surface area contributed by atoms with Gasteiger partial charge >= 0.3 is 0 Å². The Morgan fingerprint density at radius 1 is 1.15 bits per heavy atom. The van der Waals surface area contributed by atoms with Gasteiger partial charge in [-0.15, -0.1) is 0 Å². The third-order valence-electron chi connectivity index (χ3n) is 3.95. The van der Waals surface area contributed by atoms with Crippen molar-refractivity contribution in [2.24, 2.45) is 0 Å². The van der Waals surface area contributed by atoms with Crippen LogP contribution >= 0.6 is 0 Å². The number of nitrogens with zero attached hydrogens (tertiary/aromatic N) is 3. The van der Waals surface area contributed by atoms with Crippen LogP contribution in [0.15, 0.2) is 71.9 Å². The highest BCUT2D eigenvalue weighted by molar-refractivity contribution is 7.92. The van der Waals surface area contributed by atoms with Crippen molar-refractivity contribution in [2.75, 3.05) is 18.0 Å². The molecule has 1 N–H and O–H groups in total. The number of methoxy groups -OCH3 is 1. The van der Waals surface area contributed by atoms with E-state index in [4.69, 9.17) is 4.74 Å². The highest BCUT2D eigenvalue weighted by Gasteiger charge is 2.28. The van der Waals surface area contributed by atoms with Crippen LogP contribution in [-0.4, -0.2) is 43.1 Å². The number of rotatable bonds is 7. The fourth-order valence-electron chi connectivity index (χ4n) is 2.69. The number of hydrogen-bond acceptors (Lipinski definition) is 5. The van der Waals surface area contributed by atoms with E-state index < -0.39 is 16.1 Å². The van der Waals surface area contributed by atoms with Crippen LogP contribution in [0, 0.1) is 0 Å². The Hall–Kier alpha value is -2.84. The van der Waals surface area contributed by atoms with Gasteiger partial charge in [-0.3, -0.25) is 4.31 Å². The Balaban J connectivity index is 2.02. The molecule has 0 aliphatic heterocycles. The van der Waals surface area contributed by atoms with Crippen molar-refractivity contribution in [3.63, 3.8) is 0 Å². The number of aromatic nitrogens is 2. The molecule has 0 spiro atoms. The predicted octanol–water partition coefficient (Wildman–Crippen LogP) is 2.46. The lowest BCUT2D eigenvalue weighted by atomic mass is 10.3. The molecule has 1 aromatic heterocycles. The summed E-state index contributed by atoms with van der Waals surface area (Å²) in [5.41, 5.74) is 1.10. The van der Waals surface area contributed by atoms with Gasteiger partial charge in [0.05, 0.1) is 37.8 Å². The Bertz CT molecular complexity index is 1000. The molecule has 0 radical (unpaired) electrons. The molecule has 27 heavy (non-hydrogen) atoms. The molecule has 0 bridgehead atoms. The van der Waals surface area contributed by atoms with Crippen LogP contribution < -0.4 is 9.04 Å². The second-order valence-electron chi connectivity index (χ2n) is 6.01. The Morgan fingerprint density at radius 2 is 1.81 bits per heavy atom. The number of para-hydroxylation sites is 3. The van der Waals surface area contributed by atoms with Crippen LogP contribution in [0.2, 0.25) is 0 Å². The first kappa shape index (κ1) is 18.9. The summed E-state index contributed by atoms with van der Waals surface area (Å²) >= 11 is 0. The van der Waals surface area contributed by atoms with Gasteiger partial charge in [0.1, 0.15) is 16.3 Å². The molecule has 7 nitrogen and oxygen atoms in total. The van der Waals surface area contributed by atoms with Crippen molar-refractivity contribution < 1.29 is 18.3 Å². The van der Waals surface area contributed by atoms with E-state index >= 15 is 0 Å².